The lowest BCUT2D eigenvalue weighted by Crippen LogP contribution is -2.51. The molecular formula is C26H23Cl2F3N2O2. The number of hydrogen-bond donors (Lipinski definition) is 1. The molecule has 1 aliphatic rings. The molecule has 3 aromatic rings. The van der Waals surface area contributed by atoms with Gasteiger partial charge in [0.2, 0.25) is 0 Å². The molecule has 4 rings (SSSR count). The molecule has 0 radical (unpaired) electrons. The van der Waals surface area contributed by atoms with Gasteiger partial charge in [-0.15, -0.1) is 0 Å². The van der Waals surface area contributed by atoms with Crippen LogP contribution in [-0.2, 0) is 11.0 Å². The molecule has 184 valence electrons. The van der Waals surface area contributed by atoms with E-state index in [9.17, 15) is 23.1 Å². The standard InChI is InChI=1S/C26H23Cl2F3N2O2/c1-16-5-10-22(21(28)13-16)33-12-11-32(15-23(33)17-6-8-20(27)9-7-17)25(35)24(34)18-3-2-4-19(14-18)26(29,30)31/h2-10,13-14,23-24,34H,11-12,15H2,1H3/t23-,24?/m0/s1. The van der Waals surface area contributed by atoms with Crippen LogP contribution < -0.4 is 4.90 Å². The van der Waals surface area contributed by atoms with Crippen molar-refractivity contribution < 1.29 is 23.1 Å². The minimum atomic E-state index is -4.57. The number of anilines is 1. The Morgan fingerprint density at radius 1 is 1.03 bits per heavy atom. The maximum atomic E-state index is 13.2. The van der Waals surface area contributed by atoms with E-state index < -0.39 is 23.8 Å². The van der Waals surface area contributed by atoms with Gasteiger partial charge < -0.3 is 14.9 Å². The number of halogens is 5. The quantitative estimate of drug-likeness (QED) is 0.428. The molecule has 1 fully saturated rings. The van der Waals surface area contributed by atoms with Gasteiger partial charge in [-0.25, -0.2) is 0 Å². The van der Waals surface area contributed by atoms with E-state index >= 15 is 0 Å². The van der Waals surface area contributed by atoms with E-state index in [-0.39, 0.29) is 24.7 Å². The third-order valence-corrected chi connectivity index (χ3v) is 6.68. The van der Waals surface area contributed by atoms with Gasteiger partial charge in [0, 0.05) is 24.7 Å². The fraction of sp³-hybridized carbons (Fsp3) is 0.269. The van der Waals surface area contributed by atoms with Crippen LogP contribution in [0.25, 0.3) is 0 Å². The number of carbonyl (C=O) groups is 1. The van der Waals surface area contributed by atoms with Crippen molar-refractivity contribution in [3.63, 3.8) is 0 Å². The van der Waals surface area contributed by atoms with Crippen molar-refractivity contribution in [3.8, 4) is 0 Å². The number of nitrogens with zero attached hydrogens (tertiary/aromatic N) is 2. The molecule has 0 saturated carbocycles. The highest BCUT2D eigenvalue weighted by atomic mass is 35.5. The Morgan fingerprint density at radius 3 is 2.40 bits per heavy atom. The van der Waals surface area contributed by atoms with Crippen LogP contribution in [0.15, 0.2) is 66.7 Å². The molecule has 0 spiro atoms. The van der Waals surface area contributed by atoms with E-state index in [1.54, 1.807) is 12.1 Å². The predicted octanol–water partition coefficient (Wildman–Crippen LogP) is 6.44. The number of aryl methyl sites for hydroxylation is 1. The van der Waals surface area contributed by atoms with E-state index in [0.29, 0.717) is 16.6 Å². The Kier molecular flexibility index (Phi) is 7.31. The monoisotopic (exact) mass is 522 g/mol. The summed E-state index contributed by atoms with van der Waals surface area (Å²) < 4.78 is 39.3. The van der Waals surface area contributed by atoms with Crippen LogP contribution in [0.1, 0.15) is 34.4 Å². The fourth-order valence-corrected chi connectivity index (χ4v) is 4.76. The predicted molar refractivity (Wildman–Crippen MR) is 131 cm³/mol. The summed E-state index contributed by atoms with van der Waals surface area (Å²) in [5, 5.41) is 11.8. The molecule has 1 heterocycles. The molecule has 1 aliphatic heterocycles. The largest absolute Gasteiger partial charge is 0.416 e. The van der Waals surface area contributed by atoms with Gasteiger partial charge in [-0.1, -0.05) is 53.5 Å². The first kappa shape index (κ1) is 25.4. The highest BCUT2D eigenvalue weighted by Gasteiger charge is 2.36. The normalized spacial score (nSPS) is 17.4. The number of rotatable bonds is 4. The summed E-state index contributed by atoms with van der Waals surface area (Å²) in [6.45, 7) is 2.83. The maximum absolute atomic E-state index is 13.2. The number of piperazine rings is 1. The van der Waals surface area contributed by atoms with Crippen LogP contribution in [0.5, 0.6) is 0 Å². The van der Waals surface area contributed by atoms with E-state index in [1.165, 1.54) is 17.0 Å². The van der Waals surface area contributed by atoms with Crippen molar-refractivity contribution in [2.45, 2.75) is 25.2 Å². The lowest BCUT2D eigenvalue weighted by Gasteiger charge is -2.44. The lowest BCUT2D eigenvalue weighted by molar-refractivity contribution is -0.142. The topological polar surface area (TPSA) is 43.8 Å². The van der Waals surface area contributed by atoms with Crippen molar-refractivity contribution in [2.24, 2.45) is 0 Å². The first-order chi connectivity index (χ1) is 16.5. The molecule has 1 amide bonds. The van der Waals surface area contributed by atoms with Crippen molar-refractivity contribution in [1.29, 1.82) is 0 Å². The summed E-state index contributed by atoms with van der Waals surface area (Å²) in [7, 11) is 0. The molecule has 1 N–H and O–H groups in total. The zero-order valence-corrected chi connectivity index (χ0v) is 20.3. The minimum Gasteiger partial charge on any atom is -0.378 e. The Balaban J connectivity index is 1.62. The van der Waals surface area contributed by atoms with Crippen molar-refractivity contribution in [1.82, 2.24) is 4.90 Å². The summed E-state index contributed by atoms with van der Waals surface area (Å²) in [6.07, 6.45) is -6.28. The van der Waals surface area contributed by atoms with Gasteiger partial charge in [-0.05, 0) is 60.0 Å². The van der Waals surface area contributed by atoms with Crippen molar-refractivity contribution >= 4 is 34.8 Å². The van der Waals surface area contributed by atoms with Crippen LogP contribution in [0.4, 0.5) is 18.9 Å². The molecule has 1 unspecified atom stereocenters. The first-order valence-electron chi connectivity index (χ1n) is 11.0. The average Bonchev–Trinajstić information content (AvgIpc) is 2.83. The van der Waals surface area contributed by atoms with Gasteiger partial charge >= 0.3 is 6.18 Å². The summed E-state index contributed by atoms with van der Waals surface area (Å²) in [6, 6.07) is 16.9. The fourth-order valence-electron chi connectivity index (χ4n) is 4.29. The van der Waals surface area contributed by atoms with Crippen LogP contribution in [0.3, 0.4) is 0 Å². The van der Waals surface area contributed by atoms with Gasteiger partial charge in [0.15, 0.2) is 6.10 Å². The number of hydrogen-bond acceptors (Lipinski definition) is 3. The Hall–Kier alpha value is -2.74. The van der Waals surface area contributed by atoms with Gasteiger partial charge in [0.25, 0.3) is 5.91 Å². The number of carbonyl (C=O) groups excluding carboxylic acids is 1. The smallest absolute Gasteiger partial charge is 0.378 e. The molecule has 9 heteroatoms. The molecule has 35 heavy (non-hydrogen) atoms. The Morgan fingerprint density at radius 2 is 1.74 bits per heavy atom. The van der Waals surface area contributed by atoms with E-state index in [2.05, 4.69) is 4.90 Å². The Labute approximate surface area is 211 Å². The van der Waals surface area contributed by atoms with Crippen molar-refractivity contribution in [3.05, 3.63) is 99.0 Å². The number of benzene rings is 3. The molecule has 1 saturated heterocycles. The van der Waals surface area contributed by atoms with Gasteiger partial charge in [0.1, 0.15) is 0 Å². The summed E-state index contributed by atoms with van der Waals surface area (Å²) in [5.41, 5.74) is 1.69. The van der Waals surface area contributed by atoms with Gasteiger partial charge in [0.05, 0.1) is 22.3 Å². The lowest BCUT2D eigenvalue weighted by atomic mass is 9.99. The second-order valence-electron chi connectivity index (χ2n) is 8.53. The first-order valence-corrected chi connectivity index (χ1v) is 11.7. The summed E-state index contributed by atoms with van der Waals surface area (Å²) >= 11 is 12.6. The van der Waals surface area contributed by atoms with Crippen LogP contribution in [0, 0.1) is 6.92 Å². The number of aliphatic hydroxyl groups excluding tert-OH is 1. The van der Waals surface area contributed by atoms with Gasteiger partial charge in [-0.3, -0.25) is 4.79 Å². The molecule has 0 bridgehead atoms. The third kappa shape index (κ3) is 5.58. The second-order valence-corrected chi connectivity index (χ2v) is 9.37. The molecule has 0 aromatic heterocycles. The van der Waals surface area contributed by atoms with Crippen LogP contribution in [0.2, 0.25) is 10.0 Å². The molecule has 3 aromatic carbocycles. The number of alkyl halides is 3. The highest BCUT2D eigenvalue weighted by molar-refractivity contribution is 6.33. The third-order valence-electron chi connectivity index (χ3n) is 6.12. The van der Waals surface area contributed by atoms with Crippen LogP contribution in [-0.4, -0.2) is 35.5 Å². The molecule has 4 nitrogen and oxygen atoms in total. The van der Waals surface area contributed by atoms with E-state index in [1.807, 2.05) is 37.3 Å². The van der Waals surface area contributed by atoms with Gasteiger partial charge in [-0.2, -0.15) is 13.2 Å². The average molecular weight is 523 g/mol. The van der Waals surface area contributed by atoms with Crippen LogP contribution >= 0.6 is 23.2 Å². The second kappa shape index (κ2) is 10.1. The number of amides is 1. The molecular weight excluding hydrogens is 500 g/mol. The minimum absolute atomic E-state index is 0.100. The zero-order valence-electron chi connectivity index (χ0n) is 18.8. The molecule has 2 atom stereocenters. The summed E-state index contributed by atoms with van der Waals surface area (Å²) in [5.74, 6) is -0.655. The Bertz CT molecular complexity index is 1220. The maximum Gasteiger partial charge on any atom is 0.416 e. The highest BCUT2D eigenvalue weighted by Crippen LogP contribution is 2.37. The zero-order chi connectivity index (χ0) is 25.3. The van der Waals surface area contributed by atoms with E-state index in [4.69, 9.17) is 23.2 Å². The molecule has 0 aliphatic carbocycles. The number of aliphatic hydroxyl groups is 1. The van der Waals surface area contributed by atoms with E-state index in [0.717, 1.165) is 28.9 Å². The summed E-state index contributed by atoms with van der Waals surface area (Å²) in [4.78, 5) is 16.7. The van der Waals surface area contributed by atoms with Crippen molar-refractivity contribution in [2.75, 3.05) is 24.5 Å². The SMILES string of the molecule is Cc1ccc(N2CCN(C(=O)C(O)c3cccc(C(F)(F)F)c3)C[C@H]2c2ccc(Cl)cc2)c(Cl)c1.